The Balaban J connectivity index is 1.19. The Morgan fingerprint density at radius 3 is 1.82 bits per heavy atom. The van der Waals surface area contributed by atoms with Crippen molar-refractivity contribution >= 4 is 29.4 Å². The molecule has 9 nitrogen and oxygen atoms in total. The van der Waals surface area contributed by atoms with Crippen LogP contribution in [0.2, 0.25) is 0 Å². The Kier molecular flexibility index (Phi) is 6.29. The quantitative estimate of drug-likeness (QED) is 0.361. The summed E-state index contributed by atoms with van der Waals surface area (Å²) in [7, 11) is 2.96. The number of amides is 3. The van der Waals surface area contributed by atoms with E-state index in [0.717, 1.165) is 27.2 Å². The first kappa shape index (κ1) is 25.6. The number of carbonyl (C=O) groups is 4. The second-order valence-electron chi connectivity index (χ2n) is 10.2. The highest BCUT2D eigenvalue weighted by Gasteiger charge is 2.62. The van der Waals surface area contributed by atoms with Gasteiger partial charge in [-0.2, -0.15) is 0 Å². The van der Waals surface area contributed by atoms with Crippen molar-refractivity contribution in [1.29, 1.82) is 0 Å². The van der Waals surface area contributed by atoms with Crippen molar-refractivity contribution in [2.75, 3.05) is 26.1 Å². The van der Waals surface area contributed by atoms with E-state index in [9.17, 15) is 19.2 Å². The molecule has 9 heteroatoms. The summed E-state index contributed by atoms with van der Waals surface area (Å²) in [5.41, 5.74) is 4.55. The minimum atomic E-state index is -1.18. The van der Waals surface area contributed by atoms with Crippen LogP contribution >= 0.6 is 0 Å². The Morgan fingerprint density at radius 2 is 1.35 bits per heavy atom. The van der Waals surface area contributed by atoms with E-state index < -0.39 is 36.4 Å². The van der Waals surface area contributed by atoms with Gasteiger partial charge in [-0.25, -0.2) is 4.79 Å². The first-order chi connectivity index (χ1) is 19.3. The fourth-order valence-electron chi connectivity index (χ4n) is 6.54. The van der Waals surface area contributed by atoms with Crippen LogP contribution in [0.4, 0.5) is 5.69 Å². The standard InChI is InChI=1S/C31H28N2O7/c1-16(31(37)40-15-24(34)32-22-14-17(38-2)12-13-23(22)39-3)33-29(35)27-25-18-8-4-5-9-19(18)26(28(27)30(33)36)21-11-7-6-10-20(21)25/h4-14,16,25-28H,15H2,1-3H3,(H,32,34)/t16-,25?,26?,27-,28+/m1/s1. The summed E-state index contributed by atoms with van der Waals surface area (Å²) >= 11 is 0. The second-order valence-corrected chi connectivity index (χ2v) is 10.2. The third-order valence-corrected chi connectivity index (χ3v) is 8.24. The molecule has 204 valence electrons. The third kappa shape index (κ3) is 3.84. The highest BCUT2D eigenvalue weighted by atomic mass is 16.5. The van der Waals surface area contributed by atoms with Gasteiger partial charge in [0, 0.05) is 17.9 Å². The number of likely N-dealkylation sites (tertiary alicyclic amines) is 1. The number of hydrogen-bond acceptors (Lipinski definition) is 7. The number of rotatable bonds is 7. The molecule has 2 bridgehead atoms. The van der Waals surface area contributed by atoms with E-state index in [4.69, 9.17) is 14.2 Å². The Morgan fingerprint density at radius 1 is 0.825 bits per heavy atom. The summed E-state index contributed by atoms with van der Waals surface area (Å²) in [4.78, 5) is 54.3. The molecular weight excluding hydrogens is 512 g/mol. The molecule has 0 saturated carbocycles. The molecule has 0 spiro atoms. The van der Waals surface area contributed by atoms with Crippen LogP contribution in [0.15, 0.2) is 66.7 Å². The molecule has 40 heavy (non-hydrogen) atoms. The van der Waals surface area contributed by atoms with E-state index in [1.807, 2.05) is 48.5 Å². The maximum Gasteiger partial charge on any atom is 0.329 e. The van der Waals surface area contributed by atoms with Crippen molar-refractivity contribution < 1.29 is 33.4 Å². The molecule has 3 amide bonds. The molecular formula is C31H28N2O7. The first-order valence-electron chi connectivity index (χ1n) is 13.1. The number of esters is 1. The van der Waals surface area contributed by atoms with E-state index in [-0.39, 0.29) is 23.7 Å². The summed E-state index contributed by atoms with van der Waals surface area (Å²) in [5, 5.41) is 2.63. The fourth-order valence-corrected chi connectivity index (χ4v) is 6.54. The smallest absolute Gasteiger partial charge is 0.329 e. The molecule has 1 aliphatic heterocycles. The van der Waals surface area contributed by atoms with Crippen LogP contribution in [0, 0.1) is 11.8 Å². The average Bonchev–Trinajstić information content (AvgIpc) is 3.25. The number of hydrogen-bond donors (Lipinski definition) is 1. The van der Waals surface area contributed by atoms with E-state index in [2.05, 4.69) is 5.32 Å². The molecule has 1 heterocycles. The normalized spacial score (nSPS) is 22.6. The van der Waals surface area contributed by atoms with Gasteiger partial charge in [0.2, 0.25) is 11.8 Å². The van der Waals surface area contributed by atoms with Gasteiger partial charge in [-0.1, -0.05) is 48.5 Å². The van der Waals surface area contributed by atoms with Crippen molar-refractivity contribution in [1.82, 2.24) is 4.90 Å². The zero-order chi connectivity index (χ0) is 28.1. The molecule has 1 N–H and O–H groups in total. The molecule has 3 aromatic rings. The molecule has 4 aliphatic rings. The van der Waals surface area contributed by atoms with Crippen LogP contribution in [-0.2, 0) is 23.9 Å². The average molecular weight is 541 g/mol. The lowest BCUT2D eigenvalue weighted by atomic mass is 9.55. The van der Waals surface area contributed by atoms with Gasteiger partial charge in [0.05, 0.1) is 31.7 Å². The SMILES string of the molecule is COc1ccc(OC)c(NC(=O)COC(=O)[C@@H](C)N2C(=O)[C@@H]3C4c5ccccc5C(c5ccccc54)[C@@H]3C2=O)c1. The van der Waals surface area contributed by atoms with Crippen LogP contribution in [0.3, 0.4) is 0 Å². The van der Waals surface area contributed by atoms with Crippen molar-refractivity contribution in [3.05, 3.63) is 89.0 Å². The predicted molar refractivity (Wildman–Crippen MR) is 144 cm³/mol. The largest absolute Gasteiger partial charge is 0.497 e. The Bertz CT molecular complexity index is 1430. The van der Waals surface area contributed by atoms with Crippen molar-refractivity contribution in [3.8, 4) is 11.5 Å². The summed E-state index contributed by atoms with van der Waals surface area (Å²) in [6.07, 6.45) is 0. The van der Waals surface area contributed by atoms with E-state index >= 15 is 0 Å². The van der Waals surface area contributed by atoms with E-state index in [1.54, 1.807) is 18.2 Å². The molecule has 3 aromatic carbocycles. The predicted octanol–water partition coefficient (Wildman–Crippen LogP) is 3.47. The molecule has 3 atom stereocenters. The lowest BCUT2D eigenvalue weighted by Crippen LogP contribution is -2.45. The molecule has 1 fully saturated rings. The molecule has 0 radical (unpaired) electrons. The Hall–Kier alpha value is -4.66. The van der Waals surface area contributed by atoms with Gasteiger partial charge in [-0.15, -0.1) is 0 Å². The van der Waals surface area contributed by atoms with Gasteiger partial charge in [-0.05, 0) is 41.3 Å². The lowest BCUT2D eigenvalue weighted by Gasteiger charge is -2.45. The highest BCUT2D eigenvalue weighted by Crippen LogP contribution is 2.61. The van der Waals surface area contributed by atoms with Gasteiger partial charge in [0.25, 0.3) is 5.91 Å². The van der Waals surface area contributed by atoms with Crippen molar-refractivity contribution in [2.24, 2.45) is 11.8 Å². The zero-order valence-corrected chi connectivity index (χ0v) is 22.2. The number of nitrogens with zero attached hydrogens (tertiary/aromatic N) is 1. The molecule has 3 aliphatic carbocycles. The molecule has 0 unspecified atom stereocenters. The van der Waals surface area contributed by atoms with E-state index in [0.29, 0.717) is 17.2 Å². The van der Waals surface area contributed by atoms with Gasteiger partial charge >= 0.3 is 5.97 Å². The van der Waals surface area contributed by atoms with Gasteiger partial charge in [0.1, 0.15) is 17.5 Å². The summed E-state index contributed by atoms with van der Waals surface area (Å²) < 4.78 is 15.7. The zero-order valence-electron chi connectivity index (χ0n) is 22.2. The van der Waals surface area contributed by atoms with Crippen LogP contribution < -0.4 is 14.8 Å². The van der Waals surface area contributed by atoms with Gasteiger partial charge in [0.15, 0.2) is 6.61 Å². The molecule has 1 saturated heterocycles. The minimum absolute atomic E-state index is 0.268. The molecule has 7 rings (SSSR count). The number of benzene rings is 3. The third-order valence-electron chi connectivity index (χ3n) is 8.24. The van der Waals surface area contributed by atoms with Crippen LogP contribution in [-0.4, -0.2) is 55.5 Å². The minimum Gasteiger partial charge on any atom is -0.497 e. The number of methoxy groups -OCH3 is 2. The summed E-state index contributed by atoms with van der Waals surface area (Å²) in [6, 6.07) is 19.6. The number of carbonyl (C=O) groups excluding carboxylic acids is 4. The highest BCUT2D eigenvalue weighted by molar-refractivity contribution is 6.10. The maximum absolute atomic E-state index is 13.8. The van der Waals surface area contributed by atoms with Crippen LogP contribution in [0.5, 0.6) is 11.5 Å². The summed E-state index contributed by atoms with van der Waals surface area (Å²) in [6.45, 7) is 0.857. The van der Waals surface area contributed by atoms with Crippen LogP contribution in [0.1, 0.15) is 41.0 Å². The van der Waals surface area contributed by atoms with Crippen LogP contribution in [0.25, 0.3) is 0 Å². The number of anilines is 1. The first-order valence-corrected chi connectivity index (χ1v) is 13.1. The van der Waals surface area contributed by atoms with Crippen molar-refractivity contribution in [2.45, 2.75) is 24.8 Å². The number of nitrogens with one attached hydrogen (secondary N) is 1. The van der Waals surface area contributed by atoms with E-state index in [1.165, 1.54) is 21.1 Å². The van der Waals surface area contributed by atoms with Gasteiger partial charge < -0.3 is 19.5 Å². The van der Waals surface area contributed by atoms with Crippen molar-refractivity contribution in [3.63, 3.8) is 0 Å². The number of imide groups is 1. The summed E-state index contributed by atoms with van der Waals surface area (Å²) in [5.74, 6) is -3.03. The topological polar surface area (TPSA) is 111 Å². The molecule has 0 aromatic heterocycles. The fraction of sp³-hybridized carbons (Fsp3) is 0.290. The monoisotopic (exact) mass is 540 g/mol. The maximum atomic E-state index is 13.8. The lowest BCUT2D eigenvalue weighted by molar-refractivity contribution is -0.159. The second kappa shape index (κ2) is 9.82. The number of ether oxygens (including phenoxy) is 3. The van der Waals surface area contributed by atoms with Gasteiger partial charge in [-0.3, -0.25) is 19.3 Å². The Labute approximate surface area is 231 Å².